The van der Waals surface area contributed by atoms with Crippen LogP contribution < -0.4 is 5.32 Å². The highest BCUT2D eigenvalue weighted by Crippen LogP contribution is 2.20. The van der Waals surface area contributed by atoms with Gasteiger partial charge < -0.3 is 15.3 Å². The van der Waals surface area contributed by atoms with Gasteiger partial charge in [-0.15, -0.1) is 11.3 Å². The van der Waals surface area contributed by atoms with E-state index in [0.717, 1.165) is 11.4 Å². The molecule has 0 fully saturated rings. The van der Waals surface area contributed by atoms with Crippen LogP contribution in [0.1, 0.15) is 50.5 Å². The van der Waals surface area contributed by atoms with Crippen molar-refractivity contribution in [1.82, 2.24) is 15.2 Å². The first-order chi connectivity index (χ1) is 9.35. The van der Waals surface area contributed by atoms with Gasteiger partial charge in [0.15, 0.2) is 0 Å². The molecule has 0 aliphatic heterocycles. The molecule has 2 unspecified atom stereocenters. The second-order valence-corrected chi connectivity index (χ2v) is 6.43. The van der Waals surface area contributed by atoms with Crippen molar-refractivity contribution in [3.05, 3.63) is 16.1 Å². The van der Waals surface area contributed by atoms with Crippen molar-refractivity contribution >= 4 is 17.4 Å². The van der Waals surface area contributed by atoms with E-state index < -0.39 is 6.10 Å². The maximum absolute atomic E-state index is 12.3. The average Bonchev–Trinajstić information content (AvgIpc) is 2.83. The molecular formula is C14H25N3O2S. The number of aryl methyl sites for hydroxylation is 1. The minimum absolute atomic E-state index is 0.0410. The molecule has 0 saturated carbocycles. The molecule has 1 rings (SSSR count). The molecule has 20 heavy (non-hydrogen) atoms. The summed E-state index contributed by atoms with van der Waals surface area (Å²) >= 11 is 1.62. The zero-order chi connectivity index (χ0) is 15.3. The van der Waals surface area contributed by atoms with Gasteiger partial charge in [0, 0.05) is 23.7 Å². The molecule has 0 aliphatic carbocycles. The molecule has 2 atom stereocenters. The smallest absolute Gasteiger partial charge is 0.318 e. The molecule has 1 heterocycles. The normalized spacial score (nSPS) is 14.2. The Hall–Kier alpha value is -1.14. The SMILES string of the molecule is CCc1cnc(C(C)NC(=O)N(CC(C)O)C(C)C)s1. The fraction of sp³-hybridized carbons (Fsp3) is 0.714. The number of rotatable bonds is 6. The Kier molecular flexibility index (Phi) is 6.42. The van der Waals surface area contributed by atoms with Crippen LogP contribution in [0.3, 0.4) is 0 Å². The molecule has 2 amide bonds. The minimum atomic E-state index is -0.537. The van der Waals surface area contributed by atoms with Crippen molar-refractivity contribution in [2.45, 2.75) is 59.2 Å². The highest BCUT2D eigenvalue weighted by Gasteiger charge is 2.21. The monoisotopic (exact) mass is 299 g/mol. The van der Waals surface area contributed by atoms with Gasteiger partial charge in [0.05, 0.1) is 12.1 Å². The van der Waals surface area contributed by atoms with Crippen molar-refractivity contribution in [3.8, 4) is 0 Å². The van der Waals surface area contributed by atoms with Gasteiger partial charge in [-0.05, 0) is 34.1 Å². The van der Waals surface area contributed by atoms with Crippen LogP contribution in [-0.4, -0.2) is 39.7 Å². The van der Waals surface area contributed by atoms with Gasteiger partial charge >= 0.3 is 6.03 Å². The third-order valence-corrected chi connectivity index (χ3v) is 4.30. The molecule has 2 N–H and O–H groups in total. The standard InChI is InChI=1S/C14H25N3O2S/c1-6-12-7-15-13(20-12)11(5)16-14(19)17(9(2)3)8-10(4)18/h7,9-11,18H,6,8H2,1-5H3,(H,16,19). The van der Waals surface area contributed by atoms with Gasteiger partial charge in [-0.3, -0.25) is 0 Å². The number of carbonyl (C=O) groups excluding carboxylic acids is 1. The second kappa shape index (κ2) is 7.59. The maximum Gasteiger partial charge on any atom is 0.318 e. The molecule has 0 aliphatic rings. The third-order valence-electron chi connectivity index (χ3n) is 2.98. The Morgan fingerprint density at radius 2 is 2.10 bits per heavy atom. The van der Waals surface area contributed by atoms with Crippen LogP contribution in [0.15, 0.2) is 6.20 Å². The van der Waals surface area contributed by atoms with Gasteiger partial charge in [0.1, 0.15) is 5.01 Å². The second-order valence-electron chi connectivity index (χ2n) is 5.28. The zero-order valence-corrected chi connectivity index (χ0v) is 13.7. The summed E-state index contributed by atoms with van der Waals surface area (Å²) < 4.78 is 0. The van der Waals surface area contributed by atoms with E-state index in [0.29, 0.717) is 6.54 Å². The van der Waals surface area contributed by atoms with E-state index in [-0.39, 0.29) is 18.1 Å². The quantitative estimate of drug-likeness (QED) is 0.848. The van der Waals surface area contributed by atoms with E-state index in [1.165, 1.54) is 4.88 Å². The number of nitrogens with one attached hydrogen (secondary N) is 1. The van der Waals surface area contributed by atoms with Crippen LogP contribution in [0.25, 0.3) is 0 Å². The summed E-state index contributed by atoms with van der Waals surface area (Å²) in [6, 6.07) is -0.246. The maximum atomic E-state index is 12.3. The van der Waals surface area contributed by atoms with E-state index in [1.807, 2.05) is 27.0 Å². The molecule has 0 saturated heterocycles. The van der Waals surface area contributed by atoms with E-state index in [4.69, 9.17) is 0 Å². The minimum Gasteiger partial charge on any atom is -0.392 e. The summed E-state index contributed by atoms with van der Waals surface area (Å²) in [6.07, 6.45) is 2.28. The van der Waals surface area contributed by atoms with Gasteiger partial charge in [-0.25, -0.2) is 9.78 Å². The number of hydrogen-bond donors (Lipinski definition) is 2. The number of thiazole rings is 1. The average molecular weight is 299 g/mol. The van der Waals surface area contributed by atoms with Crippen LogP contribution in [0.2, 0.25) is 0 Å². The Morgan fingerprint density at radius 3 is 2.55 bits per heavy atom. The zero-order valence-electron chi connectivity index (χ0n) is 12.9. The largest absolute Gasteiger partial charge is 0.392 e. The highest BCUT2D eigenvalue weighted by molar-refractivity contribution is 7.11. The first-order valence-electron chi connectivity index (χ1n) is 7.04. The van der Waals surface area contributed by atoms with Crippen molar-refractivity contribution in [2.24, 2.45) is 0 Å². The van der Waals surface area contributed by atoms with E-state index >= 15 is 0 Å². The molecule has 1 aromatic heterocycles. The van der Waals surface area contributed by atoms with Crippen LogP contribution in [-0.2, 0) is 6.42 Å². The third kappa shape index (κ3) is 4.76. The molecule has 0 radical (unpaired) electrons. The number of aliphatic hydroxyl groups is 1. The van der Waals surface area contributed by atoms with Crippen LogP contribution in [0.4, 0.5) is 4.79 Å². The Balaban J connectivity index is 2.67. The van der Waals surface area contributed by atoms with Gasteiger partial charge in [-0.2, -0.15) is 0 Å². The lowest BCUT2D eigenvalue weighted by Crippen LogP contribution is -2.47. The summed E-state index contributed by atoms with van der Waals surface area (Å²) in [5.41, 5.74) is 0. The number of hydrogen-bond acceptors (Lipinski definition) is 4. The first kappa shape index (κ1) is 16.9. The Labute approximate surface area is 125 Å². The van der Waals surface area contributed by atoms with Crippen molar-refractivity contribution in [2.75, 3.05) is 6.54 Å². The lowest BCUT2D eigenvalue weighted by molar-refractivity contribution is 0.117. The summed E-state index contributed by atoms with van der Waals surface area (Å²) in [6.45, 7) is 9.89. The predicted molar refractivity (Wildman–Crippen MR) is 82.0 cm³/mol. The molecule has 5 nitrogen and oxygen atoms in total. The van der Waals surface area contributed by atoms with Crippen LogP contribution >= 0.6 is 11.3 Å². The van der Waals surface area contributed by atoms with Crippen LogP contribution in [0, 0.1) is 0 Å². The molecular weight excluding hydrogens is 274 g/mol. The summed E-state index contributed by atoms with van der Waals surface area (Å²) in [5.74, 6) is 0. The first-order valence-corrected chi connectivity index (χ1v) is 7.86. The molecule has 0 aromatic carbocycles. The lowest BCUT2D eigenvalue weighted by atomic mass is 10.3. The van der Waals surface area contributed by atoms with Crippen LogP contribution in [0.5, 0.6) is 0 Å². The number of amides is 2. The van der Waals surface area contributed by atoms with Crippen molar-refractivity contribution in [3.63, 3.8) is 0 Å². The number of nitrogens with zero attached hydrogens (tertiary/aromatic N) is 2. The van der Waals surface area contributed by atoms with Gasteiger partial charge in [-0.1, -0.05) is 6.92 Å². The summed E-state index contributed by atoms with van der Waals surface area (Å²) in [7, 11) is 0. The fourth-order valence-corrected chi connectivity index (χ4v) is 2.69. The molecule has 1 aromatic rings. The number of urea groups is 1. The lowest BCUT2D eigenvalue weighted by Gasteiger charge is -2.29. The fourth-order valence-electron chi connectivity index (χ4n) is 1.83. The van der Waals surface area contributed by atoms with Crippen molar-refractivity contribution in [1.29, 1.82) is 0 Å². The molecule has 0 bridgehead atoms. The topological polar surface area (TPSA) is 65.5 Å². The highest BCUT2D eigenvalue weighted by atomic mass is 32.1. The molecule has 6 heteroatoms. The summed E-state index contributed by atoms with van der Waals surface area (Å²) in [5, 5.41) is 13.3. The Morgan fingerprint density at radius 1 is 1.45 bits per heavy atom. The van der Waals surface area contributed by atoms with Gasteiger partial charge in [0.2, 0.25) is 0 Å². The number of aliphatic hydroxyl groups excluding tert-OH is 1. The van der Waals surface area contributed by atoms with E-state index in [1.54, 1.807) is 23.2 Å². The number of aromatic nitrogens is 1. The molecule has 114 valence electrons. The molecule has 0 spiro atoms. The van der Waals surface area contributed by atoms with Crippen molar-refractivity contribution < 1.29 is 9.90 Å². The van der Waals surface area contributed by atoms with Gasteiger partial charge in [0.25, 0.3) is 0 Å². The predicted octanol–water partition coefficient (Wildman–Crippen LogP) is 2.57. The number of carbonyl (C=O) groups is 1. The Bertz CT molecular complexity index is 432. The van der Waals surface area contributed by atoms with E-state index in [9.17, 15) is 9.90 Å². The summed E-state index contributed by atoms with van der Waals surface area (Å²) in [4.78, 5) is 19.4. The van der Waals surface area contributed by atoms with E-state index in [2.05, 4.69) is 17.2 Å².